The molecule has 1 aromatic heterocycles. The highest BCUT2D eigenvalue weighted by Crippen LogP contribution is 2.37. The molecule has 1 aromatic carbocycles. The minimum absolute atomic E-state index is 0.0109. The van der Waals surface area contributed by atoms with E-state index in [2.05, 4.69) is 21.2 Å². The summed E-state index contributed by atoms with van der Waals surface area (Å²) in [5, 5.41) is 13.1. The molecule has 0 saturated heterocycles. The minimum atomic E-state index is -2.76. The Balaban J connectivity index is 1.97. The zero-order chi connectivity index (χ0) is 19.1. The number of nitrogens with zero attached hydrogens (tertiary/aromatic N) is 1. The van der Waals surface area contributed by atoms with Gasteiger partial charge in [0.1, 0.15) is 11.4 Å². The molecular formula is C18H20F2N4O2. The number of amides is 1. The molecule has 1 aliphatic heterocycles. The van der Waals surface area contributed by atoms with E-state index in [1.807, 2.05) is 6.92 Å². The largest absolute Gasteiger partial charge is 0.386 e. The average molecular weight is 362 g/mol. The van der Waals surface area contributed by atoms with Gasteiger partial charge < -0.3 is 15.8 Å². The molecule has 138 valence electrons. The summed E-state index contributed by atoms with van der Waals surface area (Å²) in [6.07, 6.45) is -2.76. The normalized spacial score (nSPS) is 16.3. The van der Waals surface area contributed by atoms with Gasteiger partial charge in [0, 0.05) is 11.3 Å². The number of aromatic nitrogens is 1. The number of benzene rings is 1. The number of aliphatic hydroxyl groups is 1. The highest BCUT2D eigenvalue weighted by molar-refractivity contribution is 6.03. The van der Waals surface area contributed by atoms with Gasteiger partial charge in [-0.05, 0) is 50.6 Å². The van der Waals surface area contributed by atoms with Crippen LogP contribution in [-0.2, 0) is 5.60 Å². The first kappa shape index (κ1) is 18.2. The molecule has 2 heterocycles. The summed E-state index contributed by atoms with van der Waals surface area (Å²) in [5.41, 5.74) is 6.92. The SMILES string of the molecule is CC1NNc2cc(C(C)(C)O)c(NC(=O)c3cccc(C(F)F)n3)cc21. The predicted molar refractivity (Wildman–Crippen MR) is 94.0 cm³/mol. The number of rotatable bonds is 4. The van der Waals surface area contributed by atoms with E-state index in [-0.39, 0.29) is 11.7 Å². The second-order valence-corrected chi connectivity index (χ2v) is 6.74. The second-order valence-electron chi connectivity index (χ2n) is 6.74. The Labute approximate surface area is 149 Å². The number of hydrazine groups is 1. The number of alkyl halides is 2. The third-order valence-electron chi connectivity index (χ3n) is 4.21. The molecule has 0 aliphatic carbocycles. The fourth-order valence-corrected chi connectivity index (χ4v) is 2.84. The Kier molecular flexibility index (Phi) is 4.64. The molecule has 1 atom stereocenters. The number of carbonyl (C=O) groups excluding carboxylic acids is 1. The number of fused-ring (bicyclic) bond motifs is 1. The van der Waals surface area contributed by atoms with Gasteiger partial charge >= 0.3 is 0 Å². The van der Waals surface area contributed by atoms with Crippen molar-refractivity contribution in [1.29, 1.82) is 0 Å². The quantitative estimate of drug-likeness (QED) is 0.669. The number of carbonyl (C=O) groups is 1. The van der Waals surface area contributed by atoms with Crippen LogP contribution in [0.1, 0.15) is 60.5 Å². The van der Waals surface area contributed by atoms with Crippen LogP contribution in [0.25, 0.3) is 0 Å². The van der Waals surface area contributed by atoms with Gasteiger partial charge in [-0.1, -0.05) is 6.07 Å². The number of hydrogen-bond acceptors (Lipinski definition) is 5. The van der Waals surface area contributed by atoms with Crippen LogP contribution in [0.3, 0.4) is 0 Å². The van der Waals surface area contributed by atoms with E-state index in [0.717, 1.165) is 17.3 Å². The van der Waals surface area contributed by atoms with Crippen molar-refractivity contribution in [2.24, 2.45) is 0 Å². The summed E-state index contributed by atoms with van der Waals surface area (Å²) >= 11 is 0. The highest BCUT2D eigenvalue weighted by atomic mass is 19.3. The van der Waals surface area contributed by atoms with E-state index in [4.69, 9.17) is 0 Å². The van der Waals surface area contributed by atoms with E-state index >= 15 is 0 Å². The van der Waals surface area contributed by atoms with Crippen LogP contribution in [0, 0.1) is 0 Å². The molecule has 6 nitrogen and oxygen atoms in total. The summed E-state index contributed by atoms with van der Waals surface area (Å²) in [6.45, 7) is 5.15. The average Bonchev–Trinajstić information content (AvgIpc) is 2.94. The molecule has 1 aliphatic rings. The van der Waals surface area contributed by atoms with E-state index < -0.39 is 23.6 Å². The van der Waals surface area contributed by atoms with Gasteiger partial charge in [-0.25, -0.2) is 19.2 Å². The van der Waals surface area contributed by atoms with Gasteiger partial charge in [-0.3, -0.25) is 4.79 Å². The number of halogens is 2. The minimum Gasteiger partial charge on any atom is -0.386 e. The lowest BCUT2D eigenvalue weighted by Crippen LogP contribution is -2.22. The molecule has 3 rings (SSSR count). The van der Waals surface area contributed by atoms with Gasteiger partial charge in [0.2, 0.25) is 0 Å². The van der Waals surface area contributed by atoms with Gasteiger partial charge in [0.15, 0.2) is 0 Å². The Hall–Kier alpha value is -2.58. The molecule has 0 radical (unpaired) electrons. The second kappa shape index (κ2) is 6.62. The van der Waals surface area contributed by atoms with Crippen molar-refractivity contribution in [3.8, 4) is 0 Å². The van der Waals surface area contributed by atoms with Gasteiger partial charge in [0.05, 0.1) is 17.3 Å². The zero-order valence-corrected chi connectivity index (χ0v) is 14.6. The van der Waals surface area contributed by atoms with Crippen LogP contribution in [-0.4, -0.2) is 16.0 Å². The molecule has 4 N–H and O–H groups in total. The lowest BCUT2D eigenvalue weighted by atomic mass is 9.93. The van der Waals surface area contributed by atoms with Crippen molar-refractivity contribution in [2.75, 3.05) is 10.7 Å². The maximum absolute atomic E-state index is 12.8. The highest BCUT2D eigenvalue weighted by Gasteiger charge is 2.27. The molecular weight excluding hydrogens is 342 g/mol. The van der Waals surface area contributed by atoms with Crippen LogP contribution in [0.2, 0.25) is 0 Å². The monoisotopic (exact) mass is 362 g/mol. The van der Waals surface area contributed by atoms with Crippen molar-refractivity contribution >= 4 is 17.3 Å². The van der Waals surface area contributed by atoms with Crippen LogP contribution >= 0.6 is 0 Å². The first-order chi connectivity index (χ1) is 12.2. The first-order valence-electron chi connectivity index (χ1n) is 8.15. The first-order valence-corrected chi connectivity index (χ1v) is 8.15. The summed E-state index contributed by atoms with van der Waals surface area (Å²) < 4.78 is 25.6. The molecule has 2 aromatic rings. The van der Waals surface area contributed by atoms with Gasteiger partial charge in [-0.2, -0.15) is 0 Å². The Morgan fingerprint density at radius 1 is 1.35 bits per heavy atom. The van der Waals surface area contributed by atoms with Crippen LogP contribution < -0.4 is 16.2 Å². The summed E-state index contributed by atoms with van der Waals surface area (Å²) in [5.74, 6) is -0.621. The van der Waals surface area contributed by atoms with Crippen LogP contribution in [0.4, 0.5) is 20.2 Å². The molecule has 1 amide bonds. The summed E-state index contributed by atoms with van der Waals surface area (Å²) in [6, 6.07) is 7.41. The fourth-order valence-electron chi connectivity index (χ4n) is 2.84. The maximum Gasteiger partial charge on any atom is 0.280 e. The molecule has 1 unspecified atom stereocenters. The van der Waals surface area contributed by atoms with E-state index in [1.54, 1.807) is 26.0 Å². The standard InChI is InChI=1S/C18H20F2N4O2/c1-9-10-7-15(11(18(2,3)26)8-14(10)24-23-9)22-17(25)13-6-4-5-12(21-13)16(19)20/h4-9,16,23-24,26H,1-3H3,(H,22,25). The molecule has 0 spiro atoms. The number of hydrogen-bond donors (Lipinski definition) is 4. The van der Waals surface area contributed by atoms with Gasteiger partial charge in [-0.15, -0.1) is 0 Å². The lowest BCUT2D eigenvalue weighted by Gasteiger charge is -2.23. The lowest BCUT2D eigenvalue weighted by molar-refractivity contribution is 0.0793. The molecule has 0 bridgehead atoms. The maximum atomic E-state index is 12.8. The van der Waals surface area contributed by atoms with E-state index in [1.165, 1.54) is 12.1 Å². The smallest absolute Gasteiger partial charge is 0.280 e. The summed E-state index contributed by atoms with van der Waals surface area (Å²) in [4.78, 5) is 16.2. The Morgan fingerprint density at radius 3 is 2.73 bits per heavy atom. The Bertz CT molecular complexity index is 850. The topological polar surface area (TPSA) is 86.3 Å². The van der Waals surface area contributed by atoms with Gasteiger partial charge in [0.25, 0.3) is 12.3 Å². The molecule has 0 fully saturated rings. The van der Waals surface area contributed by atoms with Crippen molar-refractivity contribution in [3.63, 3.8) is 0 Å². The van der Waals surface area contributed by atoms with Crippen molar-refractivity contribution in [3.05, 3.63) is 52.8 Å². The Morgan fingerprint density at radius 2 is 2.08 bits per heavy atom. The number of nitrogens with one attached hydrogen (secondary N) is 3. The van der Waals surface area contributed by atoms with Crippen LogP contribution in [0.15, 0.2) is 30.3 Å². The van der Waals surface area contributed by atoms with Crippen LogP contribution in [0.5, 0.6) is 0 Å². The molecule has 0 saturated carbocycles. The van der Waals surface area contributed by atoms with E-state index in [0.29, 0.717) is 11.3 Å². The molecule has 26 heavy (non-hydrogen) atoms. The number of anilines is 2. The predicted octanol–water partition coefficient (Wildman–Crippen LogP) is 3.49. The third-order valence-corrected chi connectivity index (χ3v) is 4.21. The third kappa shape index (κ3) is 3.51. The van der Waals surface area contributed by atoms with E-state index in [9.17, 15) is 18.7 Å². The van der Waals surface area contributed by atoms with Crippen molar-refractivity contribution in [2.45, 2.75) is 38.8 Å². The zero-order valence-electron chi connectivity index (χ0n) is 14.6. The fraction of sp³-hybridized carbons (Fsp3) is 0.333. The van der Waals surface area contributed by atoms with Crippen molar-refractivity contribution < 1.29 is 18.7 Å². The number of pyridine rings is 1. The van der Waals surface area contributed by atoms with Crippen molar-refractivity contribution in [1.82, 2.24) is 10.4 Å². The molecule has 8 heteroatoms. The summed E-state index contributed by atoms with van der Waals surface area (Å²) in [7, 11) is 0.